The molecule has 2 aromatic rings. The summed E-state index contributed by atoms with van der Waals surface area (Å²) in [5.41, 5.74) is 0.982. The molecule has 2 aliphatic rings. The number of nitrogens with zero attached hydrogens (tertiary/aromatic N) is 3. The fraction of sp³-hybridized carbons (Fsp3) is 0.500. The highest BCUT2D eigenvalue weighted by atomic mass is 16.4. The fourth-order valence-corrected chi connectivity index (χ4v) is 4.14. The molecule has 28 heavy (non-hydrogen) atoms. The third-order valence-electron chi connectivity index (χ3n) is 5.81. The van der Waals surface area contributed by atoms with E-state index in [1.165, 1.54) is 12.8 Å². The highest BCUT2D eigenvalue weighted by molar-refractivity contribution is 5.80. The summed E-state index contributed by atoms with van der Waals surface area (Å²) in [5.74, 6) is 1.92. The van der Waals surface area contributed by atoms with E-state index in [0.29, 0.717) is 44.9 Å². The van der Waals surface area contributed by atoms with Crippen LogP contribution in [0.5, 0.6) is 0 Å². The highest BCUT2D eigenvalue weighted by Gasteiger charge is 2.30. The zero-order chi connectivity index (χ0) is 19.3. The van der Waals surface area contributed by atoms with Crippen molar-refractivity contribution in [3.8, 4) is 11.3 Å². The minimum Gasteiger partial charge on any atom is -0.441 e. The summed E-state index contributed by atoms with van der Waals surface area (Å²) < 4.78 is 5.78. The second-order valence-corrected chi connectivity index (χ2v) is 7.67. The van der Waals surface area contributed by atoms with Crippen molar-refractivity contribution in [2.24, 2.45) is 5.92 Å². The maximum absolute atomic E-state index is 12.5. The quantitative estimate of drug-likeness (QED) is 0.798. The second-order valence-electron chi connectivity index (χ2n) is 7.67. The van der Waals surface area contributed by atoms with Gasteiger partial charge in [0.15, 0.2) is 11.7 Å². The molecule has 1 aliphatic carbocycles. The molecular weight excluding hydrogens is 354 g/mol. The summed E-state index contributed by atoms with van der Waals surface area (Å²) >= 11 is 0. The maximum Gasteiger partial charge on any atom is 0.225 e. The molecule has 0 N–H and O–H groups in total. The van der Waals surface area contributed by atoms with Gasteiger partial charge in [-0.25, -0.2) is 4.98 Å². The lowest BCUT2D eigenvalue weighted by Crippen LogP contribution is -2.51. The molecule has 1 aromatic carbocycles. The van der Waals surface area contributed by atoms with Gasteiger partial charge in [0.25, 0.3) is 0 Å². The first-order chi connectivity index (χ1) is 13.7. The van der Waals surface area contributed by atoms with Crippen LogP contribution in [0.4, 0.5) is 0 Å². The van der Waals surface area contributed by atoms with E-state index in [1.807, 2.05) is 40.1 Å². The van der Waals surface area contributed by atoms with Crippen molar-refractivity contribution in [2.75, 3.05) is 26.2 Å². The molecule has 1 saturated heterocycles. The number of aryl methyl sites for hydroxylation is 1. The fourth-order valence-electron chi connectivity index (χ4n) is 4.14. The van der Waals surface area contributed by atoms with Crippen LogP contribution < -0.4 is 0 Å². The summed E-state index contributed by atoms with van der Waals surface area (Å²) in [5, 5.41) is 0. The Bertz CT molecular complexity index is 803. The Labute approximate surface area is 165 Å². The van der Waals surface area contributed by atoms with Crippen molar-refractivity contribution in [1.29, 1.82) is 0 Å². The van der Waals surface area contributed by atoms with Gasteiger partial charge in [-0.05, 0) is 12.8 Å². The van der Waals surface area contributed by atoms with Crippen LogP contribution >= 0.6 is 0 Å². The average molecular weight is 381 g/mol. The number of aromatic nitrogens is 1. The van der Waals surface area contributed by atoms with E-state index in [0.717, 1.165) is 24.2 Å². The molecule has 6 heteroatoms. The summed E-state index contributed by atoms with van der Waals surface area (Å²) in [6.07, 6.45) is 6.97. The lowest BCUT2D eigenvalue weighted by atomic mass is 10.1. The Morgan fingerprint density at radius 2 is 1.68 bits per heavy atom. The summed E-state index contributed by atoms with van der Waals surface area (Å²) in [7, 11) is 0. The van der Waals surface area contributed by atoms with Crippen LogP contribution in [-0.2, 0) is 16.0 Å². The molecule has 2 heterocycles. The minimum absolute atomic E-state index is 0.104. The summed E-state index contributed by atoms with van der Waals surface area (Å²) in [6.45, 7) is 2.55. The van der Waals surface area contributed by atoms with Crippen LogP contribution in [-0.4, -0.2) is 52.8 Å². The van der Waals surface area contributed by atoms with Crippen LogP contribution in [0.25, 0.3) is 11.3 Å². The summed E-state index contributed by atoms with van der Waals surface area (Å²) in [6, 6.07) is 9.82. The Morgan fingerprint density at radius 1 is 1.00 bits per heavy atom. The number of benzene rings is 1. The van der Waals surface area contributed by atoms with Crippen molar-refractivity contribution in [3.05, 3.63) is 42.4 Å². The van der Waals surface area contributed by atoms with Gasteiger partial charge in [0.2, 0.25) is 11.8 Å². The predicted octanol–water partition coefficient (Wildman–Crippen LogP) is 3.14. The van der Waals surface area contributed by atoms with Gasteiger partial charge in [0.05, 0.1) is 6.20 Å². The molecule has 148 valence electrons. The third-order valence-corrected chi connectivity index (χ3v) is 5.81. The van der Waals surface area contributed by atoms with E-state index < -0.39 is 0 Å². The molecule has 1 saturated carbocycles. The van der Waals surface area contributed by atoms with Gasteiger partial charge in [-0.3, -0.25) is 9.59 Å². The Morgan fingerprint density at radius 3 is 2.39 bits per heavy atom. The first kappa shape index (κ1) is 18.7. The average Bonchev–Trinajstić information content (AvgIpc) is 3.44. The predicted molar refractivity (Wildman–Crippen MR) is 105 cm³/mol. The molecule has 0 radical (unpaired) electrons. The van der Waals surface area contributed by atoms with E-state index in [1.54, 1.807) is 6.20 Å². The number of oxazole rings is 1. The first-order valence-corrected chi connectivity index (χ1v) is 10.3. The number of amides is 2. The zero-order valence-electron chi connectivity index (χ0n) is 16.2. The van der Waals surface area contributed by atoms with Crippen molar-refractivity contribution in [1.82, 2.24) is 14.8 Å². The summed E-state index contributed by atoms with van der Waals surface area (Å²) in [4.78, 5) is 33.1. The molecule has 0 unspecified atom stereocenters. The molecule has 6 nitrogen and oxygen atoms in total. The second kappa shape index (κ2) is 8.59. The lowest BCUT2D eigenvalue weighted by molar-refractivity contribution is -0.142. The standard InChI is InChI=1S/C22H27N3O3/c26-21(11-10-20-23-16-19(28-20)17-6-2-1-3-7-17)24-12-14-25(15-13-24)22(27)18-8-4-5-9-18/h1-3,6-7,16,18H,4-5,8-15H2. The molecule has 4 rings (SSSR count). The number of rotatable bonds is 5. The number of piperazine rings is 1. The van der Waals surface area contributed by atoms with Gasteiger partial charge in [-0.2, -0.15) is 0 Å². The van der Waals surface area contributed by atoms with Crippen LogP contribution in [0.2, 0.25) is 0 Å². The maximum atomic E-state index is 12.5. The lowest BCUT2D eigenvalue weighted by Gasteiger charge is -2.36. The monoisotopic (exact) mass is 381 g/mol. The Hall–Kier alpha value is -2.63. The molecule has 1 aliphatic heterocycles. The first-order valence-electron chi connectivity index (χ1n) is 10.3. The van der Waals surface area contributed by atoms with Crippen LogP contribution in [0.3, 0.4) is 0 Å². The van der Waals surface area contributed by atoms with Gasteiger partial charge in [-0.1, -0.05) is 43.2 Å². The molecule has 0 spiro atoms. The molecule has 0 atom stereocenters. The van der Waals surface area contributed by atoms with Crippen molar-refractivity contribution >= 4 is 11.8 Å². The van der Waals surface area contributed by atoms with E-state index in [9.17, 15) is 9.59 Å². The Balaban J connectivity index is 1.24. The molecule has 0 bridgehead atoms. The van der Waals surface area contributed by atoms with Crippen molar-refractivity contribution < 1.29 is 14.0 Å². The molecule has 1 aromatic heterocycles. The van der Waals surface area contributed by atoms with Gasteiger partial charge in [-0.15, -0.1) is 0 Å². The highest BCUT2D eigenvalue weighted by Crippen LogP contribution is 2.27. The van der Waals surface area contributed by atoms with Gasteiger partial charge in [0.1, 0.15) is 0 Å². The third kappa shape index (κ3) is 4.26. The van der Waals surface area contributed by atoms with Crippen LogP contribution in [0.1, 0.15) is 38.0 Å². The van der Waals surface area contributed by atoms with Crippen LogP contribution in [0, 0.1) is 5.92 Å². The van der Waals surface area contributed by atoms with Crippen molar-refractivity contribution in [3.63, 3.8) is 0 Å². The zero-order valence-corrected chi connectivity index (χ0v) is 16.2. The van der Waals surface area contributed by atoms with Gasteiger partial charge >= 0.3 is 0 Å². The minimum atomic E-state index is 0.104. The van der Waals surface area contributed by atoms with E-state index in [4.69, 9.17) is 4.42 Å². The smallest absolute Gasteiger partial charge is 0.225 e. The van der Waals surface area contributed by atoms with Gasteiger partial charge < -0.3 is 14.2 Å². The SMILES string of the molecule is O=C(CCc1ncc(-c2ccccc2)o1)N1CCN(C(=O)C2CCCC2)CC1. The number of carbonyl (C=O) groups excluding carboxylic acids is 2. The number of hydrogen-bond acceptors (Lipinski definition) is 4. The molecule has 2 amide bonds. The molecule has 2 fully saturated rings. The van der Waals surface area contributed by atoms with Crippen LogP contribution in [0.15, 0.2) is 40.9 Å². The Kier molecular flexibility index (Phi) is 5.74. The van der Waals surface area contributed by atoms with E-state index in [2.05, 4.69) is 4.98 Å². The number of carbonyl (C=O) groups is 2. The van der Waals surface area contributed by atoms with E-state index >= 15 is 0 Å². The largest absolute Gasteiger partial charge is 0.441 e. The van der Waals surface area contributed by atoms with Crippen molar-refractivity contribution in [2.45, 2.75) is 38.5 Å². The topological polar surface area (TPSA) is 66.7 Å². The molecular formula is C22H27N3O3. The van der Waals surface area contributed by atoms with E-state index in [-0.39, 0.29) is 17.7 Å². The number of hydrogen-bond donors (Lipinski definition) is 0. The normalized spacial score (nSPS) is 17.9. The van der Waals surface area contributed by atoms with Gasteiger partial charge in [0, 0.05) is 50.5 Å².